The first-order valence-corrected chi connectivity index (χ1v) is 7.29. The number of carbonyl (C=O) groups excluding carboxylic acids is 1. The van der Waals surface area contributed by atoms with E-state index in [1.54, 1.807) is 25.3 Å². The van der Waals surface area contributed by atoms with Crippen LogP contribution in [0.25, 0.3) is 0 Å². The fourth-order valence-corrected chi connectivity index (χ4v) is 2.09. The SMILES string of the molecule is COc1cc(OC2(C)CNC2)ccc1NC(=O)OC(C)(C)C. The second kappa shape index (κ2) is 6.04. The molecule has 1 heterocycles. The summed E-state index contributed by atoms with van der Waals surface area (Å²) in [5.74, 6) is 1.23. The molecule has 0 aliphatic carbocycles. The van der Waals surface area contributed by atoms with Gasteiger partial charge in [-0.2, -0.15) is 0 Å². The Bertz CT molecular complexity index is 548. The highest BCUT2D eigenvalue weighted by Crippen LogP contribution is 2.32. The Morgan fingerprint density at radius 1 is 1.32 bits per heavy atom. The van der Waals surface area contributed by atoms with Crippen LogP contribution in [0.4, 0.5) is 10.5 Å². The zero-order valence-corrected chi connectivity index (χ0v) is 13.8. The number of anilines is 1. The van der Waals surface area contributed by atoms with Gasteiger partial charge in [0.25, 0.3) is 0 Å². The van der Waals surface area contributed by atoms with E-state index in [2.05, 4.69) is 10.6 Å². The Morgan fingerprint density at radius 2 is 2.00 bits per heavy atom. The molecular formula is C16H24N2O4. The fraction of sp³-hybridized carbons (Fsp3) is 0.562. The lowest BCUT2D eigenvalue weighted by Crippen LogP contribution is -2.61. The molecule has 1 aromatic rings. The van der Waals surface area contributed by atoms with Crippen molar-refractivity contribution in [2.24, 2.45) is 0 Å². The summed E-state index contributed by atoms with van der Waals surface area (Å²) in [6, 6.07) is 5.31. The van der Waals surface area contributed by atoms with Gasteiger partial charge < -0.3 is 19.5 Å². The van der Waals surface area contributed by atoms with Crippen LogP contribution >= 0.6 is 0 Å². The molecular weight excluding hydrogens is 284 g/mol. The largest absolute Gasteiger partial charge is 0.494 e. The van der Waals surface area contributed by atoms with Crippen molar-refractivity contribution < 1.29 is 19.0 Å². The van der Waals surface area contributed by atoms with E-state index < -0.39 is 11.7 Å². The van der Waals surface area contributed by atoms with Gasteiger partial charge in [-0.1, -0.05) is 0 Å². The van der Waals surface area contributed by atoms with Crippen molar-refractivity contribution in [1.82, 2.24) is 5.32 Å². The van der Waals surface area contributed by atoms with Crippen LogP contribution in [0.1, 0.15) is 27.7 Å². The summed E-state index contributed by atoms with van der Waals surface area (Å²) in [5.41, 5.74) is -0.196. The number of hydrogen-bond donors (Lipinski definition) is 2. The van der Waals surface area contributed by atoms with Crippen LogP contribution in [0, 0.1) is 0 Å². The number of hydrogen-bond acceptors (Lipinski definition) is 5. The van der Waals surface area contributed by atoms with Crippen molar-refractivity contribution in [2.75, 3.05) is 25.5 Å². The maximum atomic E-state index is 11.8. The van der Waals surface area contributed by atoms with E-state index in [0.29, 0.717) is 17.2 Å². The van der Waals surface area contributed by atoms with Crippen molar-refractivity contribution in [3.05, 3.63) is 18.2 Å². The summed E-state index contributed by atoms with van der Waals surface area (Å²) in [6.45, 7) is 9.11. The first kappa shape index (κ1) is 16.4. The lowest BCUT2D eigenvalue weighted by atomic mass is 10.00. The Balaban J connectivity index is 2.07. The third kappa shape index (κ3) is 4.27. The minimum atomic E-state index is -0.549. The molecule has 1 aromatic carbocycles. The van der Waals surface area contributed by atoms with Crippen LogP contribution in [0.3, 0.4) is 0 Å². The summed E-state index contributed by atoms with van der Waals surface area (Å²) in [5, 5.41) is 5.86. The van der Waals surface area contributed by atoms with Crippen LogP contribution in [-0.2, 0) is 4.74 Å². The minimum absolute atomic E-state index is 0.189. The topological polar surface area (TPSA) is 68.8 Å². The summed E-state index contributed by atoms with van der Waals surface area (Å²) >= 11 is 0. The molecule has 0 spiro atoms. The van der Waals surface area contributed by atoms with E-state index in [4.69, 9.17) is 14.2 Å². The number of amides is 1. The molecule has 0 atom stereocenters. The summed E-state index contributed by atoms with van der Waals surface area (Å²) in [6.07, 6.45) is -0.519. The molecule has 22 heavy (non-hydrogen) atoms. The maximum absolute atomic E-state index is 11.8. The quantitative estimate of drug-likeness (QED) is 0.895. The minimum Gasteiger partial charge on any atom is -0.494 e. The summed E-state index contributed by atoms with van der Waals surface area (Å²) in [7, 11) is 1.55. The number of rotatable bonds is 4. The van der Waals surface area contributed by atoms with E-state index in [1.165, 1.54) is 0 Å². The molecule has 6 heteroatoms. The zero-order chi connectivity index (χ0) is 16.4. The molecule has 0 saturated carbocycles. The molecule has 0 bridgehead atoms. The van der Waals surface area contributed by atoms with Gasteiger partial charge in [0.05, 0.1) is 12.8 Å². The molecule has 6 nitrogen and oxygen atoms in total. The van der Waals surface area contributed by atoms with Gasteiger partial charge >= 0.3 is 6.09 Å². The van der Waals surface area contributed by atoms with E-state index in [1.807, 2.05) is 27.7 Å². The van der Waals surface area contributed by atoms with Gasteiger partial charge in [-0.25, -0.2) is 4.79 Å². The average Bonchev–Trinajstić information content (AvgIpc) is 2.36. The number of nitrogens with one attached hydrogen (secondary N) is 2. The predicted molar refractivity (Wildman–Crippen MR) is 84.8 cm³/mol. The van der Waals surface area contributed by atoms with Gasteiger partial charge in [-0.3, -0.25) is 5.32 Å². The van der Waals surface area contributed by atoms with Gasteiger partial charge in [0.2, 0.25) is 0 Å². The molecule has 1 fully saturated rings. The van der Waals surface area contributed by atoms with Gasteiger partial charge in [0, 0.05) is 19.2 Å². The zero-order valence-electron chi connectivity index (χ0n) is 13.8. The Kier molecular flexibility index (Phi) is 4.51. The van der Waals surface area contributed by atoms with E-state index in [9.17, 15) is 4.79 Å². The van der Waals surface area contributed by atoms with E-state index >= 15 is 0 Å². The average molecular weight is 308 g/mol. The summed E-state index contributed by atoms with van der Waals surface area (Å²) < 4.78 is 16.5. The Labute approximate surface area is 131 Å². The van der Waals surface area contributed by atoms with E-state index in [-0.39, 0.29) is 5.60 Å². The highest BCUT2D eigenvalue weighted by molar-refractivity contribution is 5.87. The van der Waals surface area contributed by atoms with Crippen molar-refractivity contribution in [2.45, 2.75) is 38.9 Å². The first-order valence-electron chi connectivity index (χ1n) is 7.29. The lowest BCUT2D eigenvalue weighted by molar-refractivity contribution is 0.0347. The maximum Gasteiger partial charge on any atom is 0.412 e. The number of methoxy groups -OCH3 is 1. The summed E-state index contributed by atoms with van der Waals surface area (Å²) in [4.78, 5) is 11.8. The second-order valence-corrected chi connectivity index (χ2v) is 6.64. The first-order chi connectivity index (χ1) is 10.2. The molecule has 1 saturated heterocycles. The highest BCUT2D eigenvalue weighted by atomic mass is 16.6. The fourth-order valence-electron chi connectivity index (χ4n) is 2.09. The van der Waals surface area contributed by atoms with Crippen molar-refractivity contribution >= 4 is 11.8 Å². The lowest BCUT2D eigenvalue weighted by Gasteiger charge is -2.39. The molecule has 0 radical (unpaired) electrons. The predicted octanol–water partition coefficient (Wildman–Crippen LogP) is 2.78. The molecule has 1 aliphatic heterocycles. The Hall–Kier alpha value is -1.95. The molecule has 0 unspecified atom stereocenters. The second-order valence-electron chi connectivity index (χ2n) is 6.64. The van der Waals surface area contributed by atoms with Crippen LogP contribution in [0.15, 0.2) is 18.2 Å². The third-order valence-corrected chi connectivity index (χ3v) is 3.17. The Morgan fingerprint density at radius 3 is 2.50 bits per heavy atom. The normalized spacial score (nSPS) is 16.4. The van der Waals surface area contributed by atoms with Crippen molar-refractivity contribution in [1.29, 1.82) is 0 Å². The van der Waals surface area contributed by atoms with Gasteiger partial charge in [-0.15, -0.1) is 0 Å². The van der Waals surface area contributed by atoms with Crippen molar-refractivity contribution in [3.8, 4) is 11.5 Å². The molecule has 2 rings (SSSR count). The molecule has 2 N–H and O–H groups in total. The molecule has 1 amide bonds. The number of ether oxygens (including phenoxy) is 3. The molecule has 1 aliphatic rings. The monoisotopic (exact) mass is 308 g/mol. The standard InChI is InChI=1S/C16H24N2O4/c1-15(2,3)22-14(19)18-12-7-6-11(8-13(12)20-5)21-16(4)9-17-10-16/h6-8,17H,9-10H2,1-5H3,(H,18,19). The van der Waals surface area contributed by atoms with Crippen molar-refractivity contribution in [3.63, 3.8) is 0 Å². The van der Waals surface area contributed by atoms with Gasteiger partial charge in [-0.05, 0) is 39.8 Å². The van der Waals surface area contributed by atoms with Crippen LogP contribution < -0.4 is 20.1 Å². The molecule has 122 valence electrons. The number of benzene rings is 1. The van der Waals surface area contributed by atoms with Gasteiger partial charge in [0.1, 0.15) is 22.7 Å². The van der Waals surface area contributed by atoms with E-state index in [0.717, 1.165) is 13.1 Å². The molecule has 0 aromatic heterocycles. The third-order valence-electron chi connectivity index (χ3n) is 3.17. The smallest absolute Gasteiger partial charge is 0.412 e. The van der Waals surface area contributed by atoms with Crippen LogP contribution in [0.2, 0.25) is 0 Å². The van der Waals surface area contributed by atoms with Gasteiger partial charge in [0.15, 0.2) is 0 Å². The number of carbonyl (C=O) groups is 1. The van der Waals surface area contributed by atoms with Crippen LogP contribution in [-0.4, -0.2) is 37.5 Å². The van der Waals surface area contributed by atoms with Crippen LogP contribution in [0.5, 0.6) is 11.5 Å². The highest BCUT2D eigenvalue weighted by Gasteiger charge is 2.34.